The summed E-state index contributed by atoms with van der Waals surface area (Å²) in [5.74, 6) is 0.386. The zero-order valence-electron chi connectivity index (χ0n) is 27.8. The van der Waals surface area contributed by atoms with Gasteiger partial charge in [-0.15, -0.1) is 5.10 Å². The number of likely N-dealkylation sites (N-methyl/N-ethyl adjacent to an activating group) is 1. The Bertz CT molecular complexity index is 1780. The normalized spacial score (nSPS) is 19.5. The second-order valence-corrected chi connectivity index (χ2v) is 13.5. The number of nitrogens with one attached hydrogen (secondary N) is 2. The summed E-state index contributed by atoms with van der Waals surface area (Å²) in [4.78, 5) is 51.8. The molecule has 3 fully saturated rings. The first-order valence-corrected chi connectivity index (χ1v) is 17.2. The van der Waals surface area contributed by atoms with E-state index in [-0.39, 0.29) is 24.1 Å². The predicted octanol–water partition coefficient (Wildman–Crippen LogP) is 3.05. The van der Waals surface area contributed by atoms with Crippen molar-refractivity contribution in [2.24, 2.45) is 0 Å². The quantitative estimate of drug-likeness (QED) is 0.310. The lowest BCUT2D eigenvalue weighted by Crippen LogP contribution is -2.54. The number of piperazine rings is 1. The van der Waals surface area contributed by atoms with Gasteiger partial charge in [-0.2, -0.15) is 5.10 Å². The van der Waals surface area contributed by atoms with E-state index in [1.165, 1.54) is 4.68 Å². The molecule has 13 heteroatoms. The van der Waals surface area contributed by atoms with Crippen LogP contribution in [-0.2, 0) is 16.0 Å². The molecule has 1 atom stereocenters. The van der Waals surface area contributed by atoms with Crippen molar-refractivity contribution in [2.45, 2.75) is 57.2 Å². The number of hydrogen-bond donors (Lipinski definition) is 2. The molecule has 7 rings (SSSR count). The second-order valence-electron chi connectivity index (χ2n) is 13.5. The van der Waals surface area contributed by atoms with E-state index in [1.54, 1.807) is 11.1 Å². The van der Waals surface area contributed by atoms with Crippen LogP contribution in [0.25, 0.3) is 22.3 Å². The van der Waals surface area contributed by atoms with Gasteiger partial charge in [0.2, 0.25) is 0 Å². The molecule has 1 unspecified atom stereocenters. The fourth-order valence-corrected chi connectivity index (χ4v) is 7.47. The molecular formula is C35H45N9O4. The highest BCUT2D eigenvalue weighted by atomic mass is 16.6. The Labute approximate surface area is 279 Å². The van der Waals surface area contributed by atoms with Gasteiger partial charge < -0.3 is 19.4 Å². The summed E-state index contributed by atoms with van der Waals surface area (Å²) in [5, 5.41) is 12.7. The highest BCUT2D eigenvalue weighted by molar-refractivity contribution is 5.85. The number of hydrogen-bond acceptors (Lipinski definition) is 8. The molecule has 2 amide bonds. The van der Waals surface area contributed by atoms with Crippen molar-refractivity contribution >= 4 is 22.9 Å². The molecule has 5 heterocycles. The van der Waals surface area contributed by atoms with E-state index in [0.29, 0.717) is 50.9 Å². The molecule has 3 aliphatic heterocycles. The predicted molar refractivity (Wildman–Crippen MR) is 182 cm³/mol. The van der Waals surface area contributed by atoms with E-state index < -0.39 is 12.2 Å². The van der Waals surface area contributed by atoms with Crippen LogP contribution in [0.4, 0.5) is 4.79 Å². The summed E-state index contributed by atoms with van der Waals surface area (Å²) < 4.78 is 7.59. The number of H-pyrrole nitrogens is 2. The van der Waals surface area contributed by atoms with Crippen LogP contribution >= 0.6 is 0 Å². The molecule has 0 aliphatic carbocycles. The van der Waals surface area contributed by atoms with Crippen LogP contribution in [-0.4, -0.2) is 128 Å². The third kappa shape index (κ3) is 6.88. The van der Waals surface area contributed by atoms with Crippen LogP contribution in [0.5, 0.6) is 0 Å². The van der Waals surface area contributed by atoms with Crippen molar-refractivity contribution in [1.82, 2.24) is 44.6 Å². The van der Waals surface area contributed by atoms with Gasteiger partial charge in [-0.05, 0) is 56.8 Å². The van der Waals surface area contributed by atoms with Crippen LogP contribution in [0.15, 0.2) is 53.5 Å². The summed E-state index contributed by atoms with van der Waals surface area (Å²) in [6.45, 7) is 8.38. The minimum Gasteiger partial charge on any atom is -0.436 e. The Morgan fingerprint density at radius 1 is 0.917 bits per heavy atom. The van der Waals surface area contributed by atoms with Crippen LogP contribution < -0.4 is 5.69 Å². The van der Waals surface area contributed by atoms with Gasteiger partial charge >= 0.3 is 11.8 Å². The number of ether oxygens (including phenoxy) is 1. The van der Waals surface area contributed by atoms with Gasteiger partial charge in [0.15, 0.2) is 11.9 Å². The maximum atomic E-state index is 14.1. The number of amides is 2. The molecule has 4 aromatic rings. The number of carbonyl (C=O) groups excluding carboxylic acids is 2. The molecule has 0 radical (unpaired) electrons. The fraction of sp³-hybridized carbons (Fsp3) is 0.514. The molecule has 48 heavy (non-hydrogen) atoms. The van der Waals surface area contributed by atoms with E-state index in [4.69, 9.17) is 4.74 Å². The number of piperidine rings is 2. The van der Waals surface area contributed by atoms with Crippen molar-refractivity contribution in [3.8, 4) is 11.4 Å². The number of aromatic nitrogens is 5. The highest BCUT2D eigenvalue weighted by Crippen LogP contribution is 2.26. The molecule has 3 aliphatic rings. The average molecular weight is 656 g/mol. The lowest BCUT2D eigenvalue weighted by atomic mass is 9.99. The molecule has 2 N–H and O–H groups in total. The zero-order valence-corrected chi connectivity index (χ0v) is 27.8. The first-order valence-electron chi connectivity index (χ1n) is 17.2. The fourth-order valence-electron chi connectivity index (χ4n) is 7.47. The third-order valence-corrected chi connectivity index (χ3v) is 10.3. The Morgan fingerprint density at radius 3 is 2.33 bits per heavy atom. The van der Waals surface area contributed by atoms with E-state index >= 15 is 0 Å². The summed E-state index contributed by atoms with van der Waals surface area (Å²) in [6.07, 6.45) is 3.57. The number of aromatic amines is 2. The zero-order chi connectivity index (χ0) is 33.2. The van der Waals surface area contributed by atoms with E-state index in [2.05, 4.69) is 37.1 Å². The summed E-state index contributed by atoms with van der Waals surface area (Å²) in [6, 6.07) is 13.9. The molecule has 2 aromatic carbocycles. The first kappa shape index (κ1) is 32.1. The maximum absolute atomic E-state index is 14.1. The number of fused-ring (bicyclic) bond motifs is 1. The number of aryl methyl sites for hydroxylation is 1. The molecule has 3 saturated heterocycles. The lowest BCUT2D eigenvalue weighted by molar-refractivity contribution is -0.142. The number of carbonyl (C=O) groups is 2. The summed E-state index contributed by atoms with van der Waals surface area (Å²) in [7, 11) is 2.16. The topological polar surface area (TPSA) is 136 Å². The van der Waals surface area contributed by atoms with Crippen LogP contribution in [0.1, 0.15) is 42.9 Å². The van der Waals surface area contributed by atoms with E-state index in [9.17, 15) is 14.4 Å². The molecular weight excluding hydrogens is 610 g/mol. The van der Waals surface area contributed by atoms with Gasteiger partial charge in [0.1, 0.15) is 0 Å². The van der Waals surface area contributed by atoms with Crippen molar-refractivity contribution in [1.29, 1.82) is 0 Å². The molecule has 0 spiro atoms. The number of likely N-dealkylation sites (tertiary alicyclic amines) is 2. The molecule has 254 valence electrons. The largest absolute Gasteiger partial charge is 0.436 e. The lowest BCUT2D eigenvalue weighted by Gasteiger charge is -2.42. The van der Waals surface area contributed by atoms with Crippen molar-refractivity contribution in [3.63, 3.8) is 0 Å². The van der Waals surface area contributed by atoms with Gasteiger partial charge in [0, 0.05) is 75.8 Å². The summed E-state index contributed by atoms with van der Waals surface area (Å²) in [5.41, 5.74) is 3.49. The molecule has 13 nitrogen and oxygen atoms in total. The van der Waals surface area contributed by atoms with Crippen LogP contribution in [0.2, 0.25) is 0 Å². The number of rotatable bonds is 7. The number of nitrogens with zero attached hydrogens (tertiary/aromatic N) is 7. The van der Waals surface area contributed by atoms with E-state index in [1.807, 2.05) is 54.3 Å². The molecule has 0 bridgehead atoms. The van der Waals surface area contributed by atoms with Crippen molar-refractivity contribution in [3.05, 3.63) is 70.3 Å². The molecule has 0 saturated carbocycles. The number of benzene rings is 2. The average Bonchev–Trinajstić information content (AvgIpc) is 3.76. The van der Waals surface area contributed by atoms with E-state index in [0.717, 1.165) is 66.6 Å². The Morgan fingerprint density at radius 2 is 1.60 bits per heavy atom. The standard InChI is InChI=1S/C35H45N9O4/c1-24-20-25(21-27-23-36-38-31(24)27)22-30(33(45)42-12-8-28(9-13-42)41-18-16-40(2)17-19-41)48-35(47)43-14-10-29(11-15-43)44-34(46)37-32(39-44)26-6-4-3-5-7-26/h3-7,20-21,23,28-30H,8-19,22H2,1-2H3,(H,36,38)(H,37,39,46). The minimum absolute atomic E-state index is 0.140. The first-order chi connectivity index (χ1) is 23.3. The Kier molecular flexibility index (Phi) is 9.31. The van der Waals surface area contributed by atoms with Gasteiger partial charge in [0.25, 0.3) is 5.91 Å². The van der Waals surface area contributed by atoms with Crippen LogP contribution in [0, 0.1) is 6.92 Å². The Balaban J connectivity index is 1.01. The molecule has 2 aromatic heterocycles. The summed E-state index contributed by atoms with van der Waals surface area (Å²) >= 11 is 0. The van der Waals surface area contributed by atoms with Gasteiger partial charge in [-0.3, -0.25) is 19.8 Å². The van der Waals surface area contributed by atoms with Crippen LogP contribution in [0.3, 0.4) is 0 Å². The minimum atomic E-state index is -0.943. The Hall–Kier alpha value is -4.49. The van der Waals surface area contributed by atoms with Crippen molar-refractivity contribution in [2.75, 3.05) is 59.4 Å². The smallest absolute Gasteiger partial charge is 0.410 e. The maximum Gasteiger partial charge on any atom is 0.410 e. The third-order valence-electron chi connectivity index (χ3n) is 10.3. The van der Waals surface area contributed by atoms with Gasteiger partial charge in [0.05, 0.1) is 17.8 Å². The van der Waals surface area contributed by atoms with Gasteiger partial charge in [-0.1, -0.05) is 36.4 Å². The second kappa shape index (κ2) is 13.9. The SMILES string of the molecule is Cc1cc(CC(OC(=O)N2CCC(n3nc(-c4ccccc4)[nH]c3=O)CC2)C(=O)N2CCC(N3CCN(C)CC3)CC2)cc2cn[nH]c12. The van der Waals surface area contributed by atoms with Gasteiger partial charge in [-0.25, -0.2) is 14.3 Å². The van der Waals surface area contributed by atoms with Crippen molar-refractivity contribution < 1.29 is 14.3 Å². The highest BCUT2D eigenvalue weighted by Gasteiger charge is 2.35. The monoisotopic (exact) mass is 655 g/mol.